The normalized spacial score (nSPS) is 27.3. The predicted molar refractivity (Wildman–Crippen MR) is 101 cm³/mol. The lowest BCUT2D eigenvalue weighted by atomic mass is 10.1. The van der Waals surface area contributed by atoms with E-state index in [1.54, 1.807) is 6.20 Å². The third-order valence-electron chi connectivity index (χ3n) is 5.31. The average molecular weight is 418 g/mol. The standard InChI is InChI=1S/C17H22N8O5/c1-9-6-25(22-21-9)17-19-14(23-2-4-29-5-3-23)11-15(20-17)24(8-18-11)16-13(28)12(27)10(7-26)30-16/h6,8,10,12-13,16,26-28H,2-5,7H2,1H3/t10-,12?,13+,16-/m1/s1. The number of nitrogens with zero attached hydrogens (tertiary/aromatic N) is 8. The van der Waals surface area contributed by atoms with Crippen LogP contribution in [0.1, 0.15) is 11.9 Å². The van der Waals surface area contributed by atoms with Crippen LogP contribution in [-0.2, 0) is 9.47 Å². The zero-order valence-electron chi connectivity index (χ0n) is 16.2. The zero-order valence-corrected chi connectivity index (χ0v) is 16.2. The molecule has 0 spiro atoms. The van der Waals surface area contributed by atoms with Gasteiger partial charge in [-0.1, -0.05) is 5.21 Å². The number of hydrogen-bond acceptors (Lipinski definition) is 11. The highest BCUT2D eigenvalue weighted by atomic mass is 16.6. The topological polar surface area (TPSA) is 157 Å². The SMILES string of the molecule is Cc1cn(-c2nc(N3CCOCC3)c3ncn([C@@H]4O[C@H](CO)C(O)[C@@H]4O)c3n2)nn1. The van der Waals surface area contributed by atoms with Crippen molar-refractivity contribution in [3.05, 3.63) is 18.2 Å². The first-order chi connectivity index (χ1) is 14.6. The molecular formula is C17H22N8O5. The van der Waals surface area contributed by atoms with Gasteiger partial charge in [-0.15, -0.1) is 5.10 Å². The largest absolute Gasteiger partial charge is 0.394 e. The highest BCUT2D eigenvalue weighted by Crippen LogP contribution is 2.33. The van der Waals surface area contributed by atoms with Crippen molar-refractivity contribution in [2.75, 3.05) is 37.8 Å². The Bertz CT molecular complexity index is 1050. The molecule has 3 N–H and O–H groups in total. The molecule has 3 aromatic rings. The minimum Gasteiger partial charge on any atom is -0.394 e. The molecule has 4 atom stereocenters. The van der Waals surface area contributed by atoms with Crippen LogP contribution in [0.3, 0.4) is 0 Å². The molecule has 13 heteroatoms. The quantitative estimate of drug-likeness (QED) is 0.437. The van der Waals surface area contributed by atoms with Crippen molar-refractivity contribution in [1.82, 2.24) is 34.5 Å². The van der Waals surface area contributed by atoms with E-state index in [1.807, 2.05) is 6.92 Å². The first-order valence-electron chi connectivity index (χ1n) is 9.66. The molecule has 0 amide bonds. The lowest BCUT2D eigenvalue weighted by Gasteiger charge is -2.28. The van der Waals surface area contributed by atoms with Crippen LogP contribution in [0.5, 0.6) is 0 Å². The monoisotopic (exact) mass is 418 g/mol. The van der Waals surface area contributed by atoms with Gasteiger partial charge in [-0.2, -0.15) is 14.6 Å². The number of aliphatic hydroxyl groups is 3. The van der Waals surface area contributed by atoms with Crippen LogP contribution in [0.2, 0.25) is 0 Å². The number of rotatable bonds is 4. The van der Waals surface area contributed by atoms with Gasteiger partial charge in [0.2, 0.25) is 0 Å². The van der Waals surface area contributed by atoms with Crippen LogP contribution in [-0.4, -0.2) is 101 Å². The van der Waals surface area contributed by atoms with Crippen molar-refractivity contribution < 1.29 is 24.8 Å². The summed E-state index contributed by atoms with van der Waals surface area (Å²) in [5.74, 6) is 0.898. The van der Waals surface area contributed by atoms with E-state index in [2.05, 4.69) is 30.2 Å². The van der Waals surface area contributed by atoms with Crippen molar-refractivity contribution >= 4 is 17.0 Å². The second kappa shape index (κ2) is 7.52. The second-order valence-corrected chi connectivity index (χ2v) is 7.30. The van der Waals surface area contributed by atoms with E-state index >= 15 is 0 Å². The fourth-order valence-electron chi connectivity index (χ4n) is 3.73. The van der Waals surface area contributed by atoms with Crippen molar-refractivity contribution in [3.8, 4) is 5.95 Å². The molecule has 2 aliphatic heterocycles. The van der Waals surface area contributed by atoms with Crippen LogP contribution in [0.15, 0.2) is 12.5 Å². The number of aromatic nitrogens is 7. The summed E-state index contributed by atoms with van der Waals surface area (Å²) >= 11 is 0. The number of aryl methyl sites for hydroxylation is 1. The molecule has 2 fully saturated rings. The van der Waals surface area contributed by atoms with Gasteiger partial charge in [-0.05, 0) is 6.92 Å². The maximum Gasteiger partial charge on any atom is 0.256 e. The minimum atomic E-state index is -1.25. The summed E-state index contributed by atoms with van der Waals surface area (Å²) in [6.45, 7) is 3.82. The Labute approximate surface area is 170 Å². The van der Waals surface area contributed by atoms with Crippen molar-refractivity contribution in [2.45, 2.75) is 31.5 Å². The summed E-state index contributed by atoms with van der Waals surface area (Å²) in [6, 6.07) is 0. The van der Waals surface area contributed by atoms with E-state index in [1.165, 1.54) is 15.6 Å². The average Bonchev–Trinajstić information content (AvgIpc) is 3.46. The highest BCUT2D eigenvalue weighted by Gasteiger charge is 2.44. The van der Waals surface area contributed by atoms with Crippen LogP contribution in [0.4, 0.5) is 5.82 Å². The molecule has 0 bridgehead atoms. The van der Waals surface area contributed by atoms with Gasteiger partial charge in [-0.25, -0.2) is 4.98 Å². The third kappa shape index (κ3) is 3.11. The first kappa shape index (κ1) is 19.3. The number of hydrogen-bond donors (Lipinski definition) is 3. The molecule has 5 heterocycles. The van der Waals surface area contributed by atoms with Gasteiger partial charge >= 0.3 is 0 Å². The lowest BCUT2D eigenvalue weighted by Crippen LogP contribution is -2.37. The summed E-state index contributed by atoms with van der Waals surface area (Å²) in [6.07, 6.45) is -1.15. The van der Waals surface area contributed by atoms with E-state index in [9.17, 15) is 15.3 Å². The Morgan fingerprint density at radius 2 is 1.97 bits per heavy atom. The lowest BCUT2D eigenvalue weighted by molar-refractivity contribution is -0.0511. The maximum atomic E-state index is 10.5. The number of aliphatic hydroxyl groups excluding tert-OH is 3. The Morgan fingerprint density at radius 3 is 2.63 bits per heavy atom. The van der Waals surface area contributed by atoms with E-state index in [0.717, 1.165) is 0 Å². The molecule has 0 saturated carbocycles. The van der Waals surface area contributed by atoms with Crippen LogP contribution >= 0.6 is 0 Å². The van der Waals surface area contributed by atoms with Gasteiger partial charge in [0.15, 0.2) is 23.2 Å². The molecule has 160 valence electrons. The number of anilines is 1. The second-order valence-electron chi connectivity index (χ2n) is 7.30. The van der Waals surface area contributed by atoms with Crippen LogP contribution in [0, 0.1) is 6.92 Å². The Kier molecular flexibility index (Phi) is 4.83. The van der Waals surface area contributed by atoms with E-state index in [0.29, 0.717) is 49.0 Å². The summed E-state index contributed by atoms with van der Waals surface area (Å²) in [7, 11) is 0. The van der Waals surface area contributed by atoms with Gasteiger partial charge in [0.25, 0.3) is 5.95 Å². The molecule has 0 aliphatic carbocycles. The third-order valence-corrected chi connectivity index (χ3v) is 5.31. The summed E-state index contributed by atoms with van der Waals surface area (Å²) in [5.41, 5.74) is 1.64. The Balaban J connectivity index is 1.65. The number of imidazole rings is 1. The van der Waals surface area contributed by atoms with Gasteiger partial charge in [0, 0.05) is 13.1 Å². The van der Waals surface area contributed by atoms with E-state index < -0.39 is 31.1 Å². The fraction of sp³-hybridized carbons (Fsp3) is 0.588. The van der Waals surface area contributed by atoms with Gasteiger partial charge in [0.05, 0.1) is 38.0 Å². The van der Waals surface area contributed by atoms with Gasteiger partial charge in [0.1, 0.15) is 18.3 Å². The minimum absolute atomic E-state index is 0.290. The molecular weight excluding hydrogens is 396 g/mol. The van der Waals surface area contributed by atoms with Crippen LogP contribution in [0.25, 0.3) is 17.1 Å². The highest BCUT2D eigenvalue weighted by molar-refractivity contribution is 5.84. The Hall–Kier alpha value is -2.71. The first-order valence-corrected chi connectivity index (χ1v) is 9.66. The number of ether oxygens (including phenoxy) is 2. The van der Waals surface area contributed by atoms with Crippen molar-refractivity contribution in [3.63, 3.8) is 0 Å². The smallest absolute Gasteiger partial charge is 0.256 e. The molecule has 30 heavy (non-hydrogen) atoms. The maximum absolute atomic E-state index is 10.5. The molecule has 13 nitrogen and oxygen atoms in total. The molecule has 0 aromatic carbocycles. The van der Waals surface area contributed by atoms with Crippen LogP contribution < -0.4 is 4.90 Å². The summed E-state index contributed by atoms with van der Waals surface area (Å²) in [5, 5.41) is 38.1. The van der Waals surface area contributed by atoms with E-state index in [-0.39, 0.29) is 5.95 Å². The fourth-order valence-corrected chi connectivity index (χ4v) is 3.73. The molecule has 2 aliphatic rings. The molecule has 1 unspecified atom stereocenters. The molecule has 5 rings (SSSR count). The summed E-state index contributed by atoms with van der Waals surface area (Å²) < 4.78 is 14.1. The van der Waals surface area contributed by atoms with Crippen molar-refractivity contribution in [2.24, 2.45) is 0 Å². The number of morpholine rings is 1. The van der Waals surface area contributed by atoms with E-state index in [4.69, 9.17) is 9.47 Å². The predicted octanol–water partition coefficient (Wildman–Crippen LogP) is -1.84. The molecule has 2 saturated heterocycles. The van der Waals surface area contributed by atoms with Gasteiger partial charge < -0.3 is 29.7 Å². The molecule has 3 aromatic heterocycles. The Morgan fingerprint density at radius 1 is 1.17 bits per heavy atom. The summed E-state index contributed by atoms with van der Waals surface area (Å²) in [4.78, 5) is 15.8. The molecule has 0 radical (unpaired) electrons. The number of fused-ring (bicyclic) bond motifs is 1. The van der Waals surface area contributed by atoms with Gasteiger partial charge in [-0.3, -0.25) is 4.57 Å². The van der Waals surface area contributed by atoms with Crippen molar-refractivity contribution in [1.29, 1.82) is 0 Å². The zero-order chi connectivity index (χ0) is 20.8.